The summed E-state index contributed by atoms with van der Waals surface area (Å²) < 4.78 is 9.90. The molecule has 6 heteroatoms. The maximum atomic E-state index is 11.0. The zero-order chi connectivity index (χ0) is 18.5. The minimum Gasteiger partial charge on any atom is -0.461 e. The molecule has 0 bridgehead atoms. The Morgan fingerprint density at radius 1 is 1.12 bits per heavy atom. The van der Waals surface area contributed by atoms with Crippen molar-refractivity contribution in [1.82, 2.24) is 0 Å². The third-order valence-electron chi connectivity index (χ3n) is 3.28. The second kappa shape index (κ2) is 11.8. The molecule has 1 aromatic carbocycles. The molecule has 0 aliphatic rings. The largest absolute Gasteiger partial charge is 0.461 e. The van der Waals surface area contributed by atoms with Crippen LogP contribution in [0, 0.1) is 0 Å². The van der Waals surface area contributed by atoms with Gasteiger partial charge < -0.3 is 14.3 Å². The highest BCUT2D eigenvalue weighted by atomic mass is 16.6. The van der Waals surface area contributed by atoms with Gasteiger partial charge >= 0.3 is 11.9 Å². The number of rotatable bonds is 10. The zero-order valence-corrected chi connectivity index (χ0v) is 15.0. The Bertz CT molecular complexity index is 608. The summed E-state index contributed by atoms with van der Waals surface area (Å²) in [4.78, 5) is 26.9. The van der Waals surface area contributed by atoms with Gasteiger partial charge in [-0.3, -0.25) is 9.59 Å². The Labute approximate surface area is 148 Å². The van der Waals surface area contributed by atoms with E-state index in [1.165, 1.54) is 32.8 Å². The molecule has 0 aromatic heterocycles. The number of esters is 2. The molecule has 0 fully saturated rings. The van der Waals surface area contributed by atoms with E-state index in [4.69, 9.17) is 14.3 Å². The Kier molecular flexibility index (Phi) is 9.67. The van der Waals surface area contributed by atoms with E-state index in [0.29, 0.717) is 12.0 Å². The van der Waals surface area contributed by atoms with E-state index < -0.39 is 11.9 Å². The van der Waals surface area contributed by atoms with Gasteiger partial charge in [-0.15, -0.1) is 0 Å². The van der Waals surface area contributed by atoms with E-state index in [1.807, 2.05) is 18.2 Å². The highest BCUT2D eigenvalue weighted by Gasteiger charge is 2.09. The molecule has 1 aromatic rings. The van der Waals surface area contributed by atoms with Crippen LogP contribution in [-0.4, -0.2) is 31.4 Å². The minimum absolute atomic E-state index is 0.0457. The summed E-state index contributed by atoms with van der Waals surface area (Å²) in [5, 5.41) is 4.04. The molecular formula is C19H25NO5. The number of oxime groups is 1. The van der Waals surface area contributed by atoms with E-state index in [9.17, 15) is 9.59 Å². The average Bonchev–Trinajstić information content (AvgIpc) is 2.58. The van der Waals surface area contributed by atoms with Gasteiger partial charge in [0.2, 0.25) is 0 Å². The SMILES string of the molecule is CO/N=C(/CCCc1ccccc1)C/C(=C/OC(C)=O)COC(C)=O. The molecule has 0 N–H and O–H groups in total. The smallest absolute Gasteiger partial charge is 0.307 e. The summed E-state index contributed by atoms with van der Waals surface area (Å²) in [6, 6.07) is 10.2. The van der Waals surface area contributed by atoms with E-state index in [0.717, 1.165) is 25.0 Å². The third kappa shape index (κ3) is 9.96. The fraction of sp³-hybridized carbons (Fsp3) is 0.421. The molecular weight excluding hydrogens is 322 g/mol. The van der Waals surface area contributed by atoms with Gasteiger partial charge in [0, 0.05) is 25.8 Å². The standard InChI is InChI=1S/C19H25NO5/c1-15(21)24-13-18(14-25-16(2)22)12-19(20-23-3)11-7-10-17-8-5-4-6-9-17/h4-6,8-9,13H,7,10-12,14H2,1-3H3/b18-13-,20-19-. The van der Waals surface area contributed by atoms with Gasteiger partial charge in [-0.25, -0.2) is 0 Å². The maximum absolute atomic E-state index is 11.0. The summed E-state index contributed by atoms with van der Waals surface area (Å²) in [5.74, 6) is -0.835. The Morgan fingerprint density at radius 3 is 2.44 bits per heavy atom. The molecule has 0 amide bonds. The van der Waals surface area contributed by atoms with Crippen LogP contribution in [0.3, 0.4) is 0 Å². The lowest BCUT2D eigenvalue weighted by Gasteiger charge is -2.10. The highest BCUT2D eigenvalue weighted by Crippen LogP contribution is 2.12. The molecule has 0 aliphatic carbocycles. The number of carbonyl (C=O) groups excluding carboxylic acids is 2. The number of benzene rings is 1. The first kappa shape index (κ1) is 20.4. The topological polar surface area (TPSA) is 74.2 Å². The fourth-order valence-corrected chi connectivity index (χ4v) is 2.19. The summed E-state index contributed by atoms with van der Waals surface area (Å²) in [5.41, 5.74) is 2.69. The first-order valence-electron chi connectivity index (χ1n) is 8.12. The number of ether oxygens (including phenoxy) is 2. The summed E-state index contributed by atoms with van der Waals surface area (Å²) in [6.07, 6.45) is 4.27. The third-order valence-corrected chi connectivity index (χ3v) is 3.28. The molecule has 0 atom stereocenters. The summed E-state index contributed by atoms with van der Waals surface area (Å²) >= 11 is 0. The lowest BCUT2D eigenvalue weighted by Crippen LogP contribution is -2.10. The van der Waals surface area contributed by atoms with Crippen molar-refractivity contribution >= 4 is 17.7 Å². The van der Waals surface area contributed by atoms with Gasteiger partial charge in [-0.2, -0.15) is 0 Å². The second-order valence-electron chi connectivity index (χ2n) is 5.52. The van der Waals surface area contributed by atoms with E-state index >= 15 is 0 Å². The van der Waals surface area contributed by atoms with Crippen LogP contribution >= 0.6 is 0 Å². The molecule has 0 radical (unpaired) electrons. The van der Waals surface area contributed by atoms with Crippen LogP contribution in [0.4, 0.5) is 0 Å². The Balaban J connectivity index is 2.63. The van der Waals surface area contributed by atoms with Gasteiger partial charge in [-0.05, 0) is 24.8 Å². The Hall–Kier alpha value is -2.63. The molecule has 0 saturated heterocycles. The summed E-state index contributed by atoms with van der Waals surface area (Å²) in [7, 11) is 1.48. The number of aryl methyl sites for hydroxylation is 1. The maximum Gasteiger partial charge on any atom is 0.307 e. The lowest BCUT2D eigenvalue weighted by atomic mass is 10.0. The number of hydrogen-bond donors (Lipinski definition) is 0. The van der Waals surface area contributed by atoms with Crippen LogP contribution in [-0.2, 0) is 30.3 Å². The van der Waals surface area contributed by atoms with Gasteiger partial charge in [0.05, 0.1) is 12.0 Å². The predicted octanol–water partition coefficient (Wildman–Crippen LogP) is 3.41. The first-order valence-corrected chi connectivity index (χ1v) is 8.12. The number of nitrogens with zero attached hydrogens (tertiary/aromatic N) is 1. The van der Waals surface area contributed by atoms with Crippen LogP contribution in [0.2, 0.25) is 0 Å². The average molecular weight is 347 g/mol. The van der Waals surface area contributed by atoms with Crippen LogP contribution < -0.4 is 0 Å². The van der Waals surface area contributed by atoms with E-state index in [-0.39, 0.29) is 6.61 Å². The molecule has 0 aliphatic heterocycles. The molecule has 6 nitrogen and oxygen atoms in total. The molecule has 0 saturated carbocycles. The van der Waals surface area contributed by atoms with Crippen molar-refractivity contribution in [3.63, 3.8) is 0 Å². The van der Waals surface area contributed by atoms with Crippen molar-refractivity contribution in [2.45, 2.75) is 39.5 Å². The van der Waals surface area contributed by atoms with Crippen molar-refractivity contribution < 1.29 is 23.9 Å². The van der Waals surface area contributed by atoms with Crippen LogP contribution in [0.15, 0.2) is 47.3 Å². The molecule has 25 heavy (non-hydrogen) atoms. The van der Waals surface area contributed by atoms with Gasteiger partial charge in [0.15, 0.2) is 0 Å². The quantitative estimate of drug-likeness (QED) is 0.281. The van der Waals surface area contributed by atoms with Crippen molar-refractivity contribution in [3.05, 3.63) is 47.7 Å². The zero-order valence-electron chi connectivity index (χ0n) is 15.0. The first-order chi connectivity index (χ1) is 12.0. The molecule has 0 unspecified atom stereocenters. The van der Waals surface area contributed by atoms with E-state index in [1.54, 1.807) is 0 Å². The van der Waals surface area contributed by atoms with Gasteiger partial charge in [0.1, 0.15) is 13.7 Å². The molecule has 1 rings (SSSR count). The number of hydrogen-bond acceptors (Lipinski definition) is 6. The van der Waals surface area contributed by atoms with Crippen molar-refractivity contribution in [2.75, 3.05) is 13.7 Å². The molecule has 0 spiro atoms. The molecule has 0 heterocycles. The summed E-state index contributed by atoms with van der Waals surface area (Å²) in [6.45, 7) is 2.68. The fourth-order valence-electron chi connectivity index (χ4n) is 2.19. The normalized spacial score (nSPS) is 11.8. The van der Waals surface area contributed by atoms with E-state index in [2.05, 4.69) is 17.3 Å². The predicted molar refractivity (Wildman–Crippen MR) is 94.9 cm³/mol. The van der Waals surface area contributed by atoms with Gasteiger partial charge in [0.25, 0.3) is 0 Å². The van der Waals surface area contributed by atoms with Gasteiger partial charge in [-0.1, -0.05) is 35.5 Å². The van der Waals surface area contributed by atoms with Crippen LogP contribution in [0.25, 0.3) is 0 Å². The van der Waals surface area contributed by atoms with Crippen LogP contribution in [0.1, 0.15) is 38.7 Å². The highest BCUT2D eigenvalue weighted by molar-refractivity contribution is 5.86. The van der Waals surface area contributed by atoms with Crippen molar-refractivity contribution in [1.29, 1.82) is 0 Å². The Morgan fingerprint density at radius 2 is 1.84 bits per heavy atom. The van der Waals surface area contributed by atoms with Crippen molar-refractivity contribution in [2.24, 2.45) is 5.16 Å². The van der Waals surface area contributed by atoms with Crippen molar-refractivity contribution in [3.8, 4) is 0 Å². The van der Waals surface area contributed by atoms with Crippen LogP contribution in [0.5, 0.6) is 0 Å². The molecule has 136 valence electrons. The number of carbonyl (C=O) groups is 2. The minimum atomic E-state index is -0.436. The lowest BCUT2D eigenvalue weighted by molar-refractivity contribution is -0.140. The monoisotopic (exact) mass is 347 g/mol. The second-order valence-corrected chi connectivity index (χ2v) is 5.52.